The van der Waals surface area contributed by atoms with Crippen molar-refractivity contribution in [2.45, 2.75) is 13.8 Å². The zero-order valence-electron chi connectivity index (χ0n) is 16.9. The summed E-state index contributed by atoms with van der Waals surface area (Å²) in [6.45, 7) is 4.35. The molecule has 2 aromatic carbocycles. The predicted molar refractivity (Wildman–Crippen MR) is 118 cm³/mol. The Bertz CT molecular complexity index is 1170. The van der Waals surface area contributed by atoms with Crippen LogP contribution in [0.2, 0.25) is 0 Å². The average Bonchev–Trinajstić information content (AvgIpc) is 3.19. The minimum absolute atomic E-state index is 0.285. The molecule has 4 aromatic rings. The fourth-order valence-electron chi connectivity index (χ4n) is 3.12. The highest BCUT2D eigenvalue weighted by Gasteiger charge is 2.14. The van der Waals surface area contributed by atoms with E-state index in [1.807, 2.05) is 56.3 Å². The Morgan fingerprint density at radius 2 is 1.73 bits per heavy atom. The molecule has 7 heteroatoms. The van der Waals surface area contributed by atoms with Gasteiger partial charge in [0.25, 0.3) is 0 Å². The molecule has 4 rings (SSSR count). The lowest BCUT2D eigenvalue weighted by Gasteiger charge is -2.10. The molecule has 3 N–H and O–H groups in total. The van der Waals surface area contributed by atoms with Crippen molar-refractivity contribution in [3.63, 3.8) is 0 Å². The summed E-state index contributed by atoms with van der Waals surface area (Å²) in [4.78, 5) is 16.4. The van der Waals surface area contributed by atoms with Crippen LogP contribution in [0.25, 0.3) is 27.9 Å². The Balaban J connectivity index is 1.58. The predicted octanol–water partition coefficient (Wildman–Crippen LogP) is 4.85. The zero-order chi connectivity index (χ0) is 21.1. The van der Waals surface area contributed by atoms with E-state index in [1.165, 1.54) is 0 Å². The molecule has 0 saturated heterocycles. The summed E-state index contributed by atoms with van der Waals surface area (Å²) in [5.41, 5.74) is 11.3. The molecule has 0 saturated carbocycles. The highest BCUT2D eigenvalue weighted by molar-refractivity contribution is 5.86. The van der Waals surface area contributed by atoms with E-state index < -0.39 is 6.09 Å². The summed E-state index contributed by atoms with van der Waals surface area (Å²) in [7, 11) is 0. The number of carbonyl (C=O) groups is 1. The number of amides is 1. The molecular formula is C23H23N5O2. The van der Waals surface area contributed by atoms with Crippen LogP contribution in [0.15, 0.2) is 67.0 Å². The summed E-state index contributed by atoms with van der Waals surface area (Å²) < 4.78 is 6.78. The van der Waals surface area contributed by atoms with E-state index in [1.54, 1.807) is 29.0 Å². The molecule has 152 valence electrons. The molecule has 0 aliphatic carbocycles. The average molecular weight is 401 g/mol. The quantitative estimate of drug-likeness (QED) is 0.498. The minimum atomic E-state index is -0.468. The van der Waals surface area contributed by atoms with Crippen molar-refractivity contribution in [1.29, 1.82) is 0 Å². The lowest BCUT2D eigenvalue weighted by molar-refractivity contribution is 0.147. The number of benzene rings is 2. The summed E-state index contributed by atoms with van der Waals surface area (Å²) in [5.74, 6) is 0.785. The van der Waals surface area contributed by atoms with Crippen molar-refractivity contribution in [3.05, 3.63) is 67.0 Å². The number of hydrogen-bond donors (Lipinski definition) is 2. The lowest BCUT2D eigenvalue weighted by Crippen LogP contribution is -2.16. The molecule has 0 unspecified atom stereocenters. The number of nitrogens with two attached hydrogens (primary N) is 1. The van der Waals surface area contributed by atoms with Crippen LogP contribution >= 0.6 is 0 Å². The Hall–Kier alpha value is -3.87. The lowest BCUT2D eigenvalue weighted by atomic mass is 10.1. The largest absolute Gasteiger partial charge is 0.449 e. The molecule has 0 radical (unpaired) electrons. The topological polar surface area (TPSA) is 94.5 Å². The van der Waals surface area contributed by atoms with Crippen molar-refractivity contribution in [3.8, 4) is 22.3 Å². The van der Waals surface area contributed by atoms with Crippen LogP contribution in [0.3, 0.4) is 0 Å². The first-order valence-corrected chi connectivity index (χ1v) is 9.75. The number of anilines is 2. The van der Waals surface area contributed by atoms with Gasteiger partial charge in [-0.2, -0.15) is 9.61 Å². The molecule has 7 nitrogen and oxygen atoms in total. The molecule has 0 bridgehead atoms. The molecule has 1 amide bonds. The van der Waals surface area contributed by atoms with Gasteiger partial charge in [-0.1, -0.05) is 56.3 Å². The second-order valence-electron chi connectivity index (χ2n) is 7.41. The Morgan fingerprint density at radius 3 is 2.43 bits per heavy atom. The van der Waals surface area contributed by atoms with Crippen LogP contribution in [0.1, 0.15) is 13.8 Å². The summed E-state index contributed by atoms with van der Waals surface area (Å²) in [5, 5.41) is 7.14. The fourth-order valence-corrected chi connectivity index (χ4v) is 3.12. The SMILES string of the molecule is CC(C)COC(=O)Nc1ccc(-c2cnc3c(-c4ccccc4)cnn3c2N)cc1. The molecule has 2 aromatic heterocycles. The number of carbonyl (C=O) groups excluding carboxylic acids is 1. The first-order chi connectivity index (χ1) is 14.5. The van der Waals surface area contributed by atoms with Crippen molar-refractivity contribution in [2.24, 2.45) is 5.92 Å². The summed E-state index contributed by atoms with van der Waals surface area (Å²) >= 11 is 0. The van der Waals surface area contributed by atoms with E-state index in [-0.39, 0.29) is 5.92 Å². The van der Waals surface area contributed by atoms with Crippen LogP contribution in [0.5, 0.6) is 0 Å². The van der Waals surface area contributed by atoms with Gasteiger partial charge in [-0.25, -0.2) is 9.78 Å². The molecule has 30 heavy (non-hydrogen) atoms. The van der Waals surface area contributed by atoms with Crippen molar-refractivity contribution < 1.29 is 9.53 Å². The van der Waals surface area contributed by atoms with Gasteiger partial charge < -0.3 is 10.5 Å². The second kappa shape index (κ2) is 8.24. The highest BCUT2D eigenvalue weighted by Crippen LogP contribution is 2.30. The van der Waals surface area contributed by atoms with Gasteiger partial charge in [-0.15, -0.1) is 0 Å². The minimum Gasteiger partial charge on any atom is -0.449 e. The molecule has 0 aliphatic rings. The zero-order valence-corrected chi connectivity index (χ0v) is 16.9. The maximum absolute atomic E-state index is 11.8. The molecule has 0 spiro atoms. The summed E-state index contributed by atoms with van der Waals surface area (Å²) in [6, 6.07) is 17.3. The number of nitrogens with one attached hydrogen (secondary N) is 1. The number of hydrogen-bond acceptors (Lipinski definition) is 5. The van der Waals surface area contributed by atoms with Gasteiger partial charge in [0, 0.05) is 23.0 Å². The third-order valence-corrected chi connectivity index (χ3v) is 4.64. The number of nitrogen functional groups attached to an aromatic ring is 1. The first-order valence-electron chi connectivity index (χ1n) is 9.75. The highest BCUT2D eigenvalue weighted by atomic mass is 16.5. The van der Waals surface area contributed by atoms with Gasteiger partial charge in [0.2, 0.25) is 0 Å². The van der Waals surface area contributed by atoms with E-state index in [4.69, 9.17) is 10.5 Å². The van der Waals surface area contributed by atoms with Gasteiger partial charge in [-0.05, 0) is 29.2 Å². The standard InChI is InChI=1S/C23H23N5O2/c1-15(2)14-30-23(29)27-18-10-8-17(9-11-18)19-12-25-22-20(13-26-28(22)21(19)24)16-6-4-3-5-7-16/h3-13,15H,14,24H2,1-2H3,(H,27,29). The van der Waals surface area contributed by atoms with Gasteiger partial charge in [0.1, 0.15) is 5.82 Å². The molecular weight excluding hydrogens is 378 g/mol. The Kier molecular flexibility index (Phi) is 5.34. The van der Waals surface area contributed by atoms with Gasteiger partial charge >= 0.3 is 6.09 Å². The Morgan fingerprint density at radius 1 is 1.03 bits per heavy atom. The Labute approximate surface area is 174 Å². The van der Waals surface area contributed by atoms with E-state index in [2.05, 4.69) is 15.4 Å². The number of aromatic nitrogens is 3. The fraction of sp³-hybridized carbons (Fsp3) is 0.174. The van der Waals surface area contributed by atoms with Crippen molar-refractivity contribution >= 4 is 23.2 Å². The van der Waals surface area contributed by atoms with Crippen molar-refractivity contribution in [1.82, 2.24) is 14.6 Å². The third-order valence-electron chi connectivity index (χ3n) is 4.64. The number of fused-ring (bicyclic) bond motifs is 1. The first kappa shape index (κ1) is 19.4. The van der Waals surface area contributed by atoms with Crippen LogP contribution in [0.4, 0.5) is 16.3 Å². The van der Waals surface area contributed by atoms with Gasteiger partial charge in [0.05, 0.1) is 12.8 Å². The maximum Gasteiger partial charge on any atom is 0.411 e. The van der Waals surface area contributed by atoms with Crippen LogP contribution in [-0.4, -0.2) is 27.3 Å². The maximum atomic E-state index is 11.8. The molecule has 2 heterocycles. The van der Waals surface area contributed by atoms with Crippen LogP contribution in [0, 0.1) is 5.92 Å². The van der Waals surface area contributed by atoms with E-state index in [0.717, 1.165) is 22.3 Å². The van der Waals surface area contributed by atoms with Gasteiger partial charge in [0.15, 0.2) is 5.65 Å². The van der Waals surface area contributed by atoms with Gasteiger partial charge in [-0.3, -0.25) is 5.32 Å². The number of ether oxygens (including phenoxy) is 1. The van der Waals surface area contributed by atoms with E-state index in [9.17, 15) is 4.79 Å². The molecule has 0 fully saturated rings. The van der Waals surface area contributed by atoms with Crippen molar-refractivity contribution in [2.75, 3.05) is 17.7 Å². The second-order valence-corrected chi connectivity index (χ2v) is 7.41. The van der Waals surface area contributed by atoms with Crippen LogP contribution < -0.4 is 11.1 Å². The molecule has 0 atom stereocenters. The molecule has 0 aliphatic heterocycles. The number of nitrogens with zero attached hydrogens (tertiary/aromatic N) is 3. The normalized spacial score (nSPS) is 11.0. The summed E-state index contributed by atoms with van der Waals surface area (Å²) in [6.07, 6.45) is 3.05. The smallest absolute Gasteiger partial charge is 0.411 e. The van der Waals surface area contributed by atoms with E-state index in [0.29, 0.717) is 23.8 Å². The number of rotatable bonds is 5. The van der Waals surface area contributed by atoms with Crippen LogP contribution in [-0.2, 0) is 4.74 Å². The van der Waals surface area contributed by atoms with E-state index >= 15 is 0 Å². The monoisotopic (exact) mass is 401 g/mol. The third kappa shape index (κ3) is 3.96.